The number of carbonyl (C=O) groups is 1. The quantitative estimate of drug-likeness (QED) is 0.511. The molecule has 4 nitrogen and oxygen atoms in total. The first-order chi connectivity index (χ1) is 4.84. The maximum absolute atomic E-state index is 10.6. The zero-order valence-corrected chi connectivity index (χ0v) is 5.58. The van der Waals surface area contributed by atoms with Gasteiger partial charge in [-0.25, -0.2) is 0 Å². The number of hydrogen-bond donors (Lipinski definition) is 0. The highest BCUT2D eigenvalue weighted by Gasteiger charge is 2.21. The molecule has 0 bridgehead atoms. The van der Waals surface area contributed by atoms with Gasteiger partial charge in [0, 0.05) is 11.8 Å². The van der Waals surface area contributed by atoms with Crippen molar-refractivity contribution in [3.63, 3.8) is 0 Å². The van der Waals surface area contributed by atoms with Gasteiger partial charge in [0.2, 0.25) is 0 Å². The predicted octanol–water partition coefficient (Wildman–Crippen LogP) is 0.849. The van der Waals surface area contributed by atoms with Crippen LogP contribution in [0.2, 0.25) is 0 Å². The summed E-state index contributed by atoms with van der Waals surface area (Å²) in [5.74, 6) is -0.667. The predicted molar refractivity (Wildman–Crippen MR) is 34.4 cm³/mol. The molecule has 1 atom stereocenters. The van der Waals surface area contributed by atoms with Crippen LogP contribution in [-0.2, 0) is 9.53 Å². The molecule has 56 valence electrons. The van der Waals surface area contributed by atoms with Crippen molar-refractivity contribution in [3.8, 4) is 0 Å². The first kappa shape index (κ1) is 7.34. The lowest BCUT2D eigenvalue weighted by Crippen LogP contribution is -2.26. The van der Waals surface area contributed by atoms with E-state index in [1.54, 1.807) is 0 Å². The summed E-state index contributed by atoms with van der Waals surface area (Å²) in [6, 6.07) is 0. The maximum Gasteiger partial charge on any atom is 0.314 e. The molecule has 0 aromatic rings. The average molecular weight is 143 g/mol. The second-order valence-electron chi connectivity index (χ2n) is 2.28. The molecule has 0 aromatic carbocycles. The van der Waals surface area contributed by atoms with Gasteiger partial charge in [-0.15, -0.1) is 4.91 Å². The molecule has 0 aromatic heterocycles. The molecule has 1 rings (SSSR count). The zero-order valence-electron chi connectivity index (χ0n) is 5.58. The number of rotatable bonds is 1. The van der Waals surface area contributed by atoms with E-state index in [1.165, 1.54) is 0 Å². The van der Waals surface area contributed by atoms with Crippen LogP contribution in [0, 0.1) is 4.91 Å². The minimum absolute atomic E-state index is 0.550. The standard InChI is InChI=1S/C6H9NO3/c8-6(7-9)5-3-1-2-4-10-5/h5H,1-4H2/t5-/m0/s1. The first-order valence-corrected chi connectivity index (χ1v) is 3.33. The zero-order chi connectivity index (χ0) is 7.40. The lowest BCUT2D eigenvalue weighted by molar-refractivity contribution is -0.131. The Labute approximate surface area is 58.5 Å². The minimum Gasteiger partial charge on any atom is -0.368 e. The molecule has 4 heteroatoms. The third-order valence-corrected chi connectivity index (χ3v) is 1.55. The number of nitrogens with zero attached hydrogens (tertiary/aromatic N) is 1. The van der Waals surface area contributed by atoms with Crippen molar-refractivity contribution >= 4 is 5.91 Å². The minimum atomic E-state index is -0.667. The van der Waals surface area contributed by atoms with Gasteiger partial charge in [0.15, 0.2) is 0 Å². The monoisotopic (exact) mass is 143 g/mol. The normalized spacial score (nSPS) is 25.8. The van der Waals surface area contributed by atoms with Crippen molar-refractivity contribution in [2.24, 2.45) is 5.18 Å². The van der Waals surface area contributed by atoms with Gasteiger partial charge in [0.1, 0.15) is 6.10 Å². The number of nitroso groups, excluding NO2 is 1. The molecule has 1 aliphatic heterocycles. The van der Waals surface area contributed by atoms with Crippen molar-refractivity contribution in [1.29, 1.82) is 0 Å². The molecular weight excluding hydrogens is 134 g/mol. The molecule has 1 fully saturated rings. The van der Waals surface area contributed by atoms with Gasteiger partial charge in [-0.3, -0.25) is 4.79 Å². The summed E-state index contributed by atoms with van der Waals surface area (Å²) in [7, 11) is 0. The van der Waals surface area contributed by atoms with Crippen molar-refractivity contribution < 1.29 is 9.53 Å². The largest absolute Gasteiger partial charge is 0.368 e. The van der Waals surface area contributed by atoms with E-state index in [0.717, 1.165) is 12.8 Å². The van der Waals surface area contributed by atoms with Crippen LogP contribution in [-0.4, -0.2) is 18.6 Å². The van der Waals surface area contributed by atoms with Gasteiger partial charge in [-0.2, -0.15) is 0 Å². The Morgan fingerprint density at radius 3 is 2.80 bits per heavy atom. The molecule has 10 heavy (non-hydrogen) atoms. The lowest BCUT2D eigenvalue weighted by atomic mass is 10.1. The van der Waals surface area contributed by atoms with Gasteiger partial charge in [0.25, 0.3) is 0 Å². The molecule has 1 amide bonds. The molecule has 0 N–H and O–H groups in total. The summed E-state index contributed by atoms with van der Waals surface area (Å²) in [5, 5.41) is 2.30. The van der Waals surface area contributed by atoms with Crippen LogP contribution in [0.3, 0.4) is 0 Å². The summed E-state index contributed by atoms with van der Waals surface area (Å²) in [4.78, 5) is 20.3. The van der Waals surface area contributed by atoms with Gasteiger partial charge < -0.3 is 4.74 Å². The summed E-state index contributed by atoms with van der Waals surface area (Å²) in [6.45, 7) is 0.575. The van der Waals surface area contributed by atoms with E-state index < -0.39 is 12.0 Å². The fourth-order valence-electron chi connectivity index (χ4n) is 0.994. The Hall–Kier alpha value is -0.770. The van der Waals surface area contributed by atoms with Crippen LogP contribution in [0.25, 0.3) is 0 Å². The Morgan fingerprint density at radius 1 is 1.50 bits per heavy atom. The van der Waals surface area contributed by atoms with Crippen molar-refractivity contribution in [2.45, 2.75) is 25.4 Å². The smallest absolute Gasteiger partial charge is 0.314 e. The third kappa shape index (κ3) is 1.60. The number of hydrogen-bond acceptors (Lipinski definition) is 3. The van der Waals surface area contributed by atoms with Crippen LogP contribution in [0.5, 0.6) is 0 Å². The van der Waals surface area contributed by atoms with E-state index in [2.05, 4.69) is 5.18 Å². The summed E-state index contributed by atoms with van der Waals surface area (Å²) >= 11 is 0. The second-order valence-corrected chi connectivity index (χ2v) is 2.28. The first-order valence-electron chi connectivity index (χ1n) is 3.33. The van der Waals surface area contributed by atoms with E-state index in [-0.39, 0.29) is 0 Å². The molecule has 0 radical (unpaired) electrons. The molecule has 1 heterocycles. The Bertz CT molecular complexity index is 140. The fourth-order valence-corrected chi connectivity index (χ4v) is 0.994. The van der Waals surface area contributed by atoms with E-state index in [4.69, 9.17) is 4.74 Å². The van der Waals surface area contributed by atoms with E-state index in [0.29, 0.717) is 13.0 Å². The third-order valence-electron chi connectivity index (χ3n) is 1.55. The highest BCUT2D eigenvalue weighted by molar-refractivity contribution is 5.81. The lowest BCUT2D eigenvalue weighted by Gasteiger charge is -2.17. The van der Waals surface area contributed by atoms with E-state index >= 15 is 0 Å². The van der Waals surface area contributed by atoms with Crippen LogP contribution in [0.1, 0.15) is 19.3 Å². The fraction of sp³-hybridized carbons (Fsp3) is 0.833. The Morgan fingerprint density at radius 2 is 2.30 bits per heavy atom. The van der Waals surface area contributed by atoms with E-state index in [9.17, 15) is 9.70 Å². The Kier molecular flexibility index (Phi) is 2.50. The average Bonchev–Trinajstić information content (AvgIpc) is 2.05. The SMILES string of the molecule is O=NC(=O)[C@@H]1CCCCO1. The Balaban J connectivity index is 2.38. The number of carbonyl (C=O) groups excluding carboxylic acids is 1. The maximum atomic E-state index is 10.6. The van der Waals surface area contributed by atoms with Crippen molar-refractivity contribution in [2.75, 3.05) is 6.61 Å². The van der Waals surface area contributed by atoms with Crippen LogP contribution < -0.4 is 0 Å². The van der Waals surface area contributed by atoms with Gasteiger partial charge in [-0.1, -0.05) is 0 Å². The molecule has 0 unspecified atom stereocenters. The summed E-state index contributed by atoms with van der Waals surface area (Å²) in [6.07, 6.45) is 2.02. The molecule has 1 saturated heterocycles. The van der Waals surface area contributed by atoms with Gasteiger partial charge in [0.05, 0.1) is 0 Å². The summed E-state index contributed by atoms with van der Waals surface area (Å²) < 4.78 is 4.99. The molecule has 0 saturated carbocycles. The molecule has 0 aliphatic carbocycles. The van der Waals surface area contributed by atoms with E-state index in [1.807, 2.05) is 0 Å². The van der Waals surface area contributed by atoms with Crippen LogP contribution in [0.15, 0.2) is 5.18 Å². The number of ether oxygens (including phenoxy) is 1. The molecule has 0 spiro atoms. The highest BCUT2D eigenvalue weighted by Crippen LogP contribution is 2.13. The number of amides is 1. The van der Waals surface area contributed by atoms with Gasteiger partial charge >= 0.3 is 5.91 Å². The molecule has 1 aliphatic rings. The van der Waals surface area contributed by atoms with Crippen LogP contribution >= 0.6 is 0 Å². The topological polar surface area (TPSA) is 55.7 Å². The summed E-state index contributed by atoms with van der Waals surface area (Å²) in [5.41, 5.74) is 0. The second kappa shape index (κ2) is 3.41. The van der Waals surface area contributed by atoms with Gasteiger partial charge in [-0.05, 0) is 19.3 Å². The molecular formula is C6H9NO3. The van der Waals surface area contributed by atoms with Crippen molar-refractivity contribution in [3.05, 3.63) is 4.91 Å². The van der Waals surface area contributed by atoms with Crippen LogP contribution in [0.4, 0.5) is 0 Å². The highest BCUT2D eigenvalue weighted by atomic mass is 16.5. The van der Waals surface area contributed by atoms with Crippen molar-refractivity contribution in [1.82, 2.24) is 0 Å².